The van der Waals surface area contributed by atoms with E-state index in [-0.39, 0.29) is 36.2 Å². The Kier molecular flexibility index (Phi) is 10.7. The van der Waals surface area contributed by atoms with Crippen molar-refractivity contribution >= 4 is 33.4 Å². The third-order valence-corrected chi connectivity index (χ3v) is 12.1. The molecule has 4 aliphatic rings. The van der Waals surface area contributed by atoms with Crippen molar-refractivity contribution in [2.24, 2.45) is 0 Å². The van der Waals surface area contributed by atoms with Gasteiger partial charge in [0.25, 0.3) is 0 Å². The fourth-order valence-corrected chi connectivity index (χ4v) is 9.12. The Bertz CT molecular complexity index is 2130. The third kappa shape index (κ3) is 7.35. The summed E-state index contributed by atoms with van der Waals surface area (Å²) >= 11 is 0. The molecular weight excluding hydrogens is 701 g/mol. The Labute approximate surface area is 321 Å². The van der Waals surface area contributed by atoms with Gasteiger partial charge in [0.05, 0.1) is 29.5 Å². The number of carbonyl (C=O) groups is 1. The number of aryl methyl sites for hydroxylation is 1. The van der Waals surface area contributed by atoms with Gasteiger partial charge in [-0.3, -0.25) is 19.6 Å². The van der Waals surface area contributed by atoms with Crippen molar-refractivity contribution in [3.8, 4) is 23.3 Å². The van der Waals surface area contributed by atoms with Gasteiger partial charge in [-0.15, -0.1) is 0 Å². The standard InChI is InChI=1S/C42H49F2N9O2/c1-3-29-8-4-9-30-10-5-11-33(36(29)30)38-37(44)39-34(25-46-38)40(48-41(47-39)55-28-42-14-7-17-52(42)26-31(43)24-42)51-22-23-53(32(27-51)13-15-45)35(54)12-6-16-50-20-18-49(2)19-21-50/h4-6,8-12,25,31-32H,3,7,13-14,16-24,26-28H2,1-2H3/b12-6+/t31-,32+,42+/m1/s1. The Hall–Kier alpha value is -4.77. The highest BCUT2D eigenvalue weighted by Crippen LogP contribution is 2.41. The molecular formula is C42H49F2N9O2. The Morgan fingerprint density at radius 1 is 1.07 bits per heavy atom. The summed E-state index contributed by atoms with van der Waals surface area (Å²) in [6, 6.07) is 13.8. The lowest BCUT2D eigenvalue weighted by atomic mass is 9.95. The largest absolute Gasteiger partial charge is 0.461 e. The van der Waals surface area contributed by atoms with E-state index >= 15 is 4.39 Å². The molecule has 0 radical (unpaired) electrons. The van der Waals surface area contributed by atoms with Gasteiger partial charge in [-0.1, -0.05) is 49.4 Å². The average Bonchev–Trinajstić information content (AvgIpc) is 3.73. The fourth-order valence-electron chi connectivity index (χ4n) is 9.12. The molecule has 4 saturated heterocycles. The number of nitriles is 1. The van der Waals surface area contributed by atoms with E-state index in [0.717, 1.165) is 68.3 Å². The first-order valence-electron chi connectivity index (χ1n) is 19.7. The highest BCUT2D eigenvalue weighted by Gasteiger charge is 2.49. The van der Waals surface area contributed by atoms with Crippen LogP contribution in [-0.2, 0) is 11.2 Å². The van der Waals surface area contributed by atoms with Crippen LogP contribution in [0.4, 0.5) is 14.6 Å². The molecule has 0 bridgehead atoms. The van der Waals surface area contributed by atoms with E-state index in [1.165, 1.54) is 0 Å². The number of hydrogen-bond acceptors (Lipinski definition) is 10. The summed E-state index contributed by atoms with van der Waals surface area (Å²) in [6.45, 7) is 9.15. The molecule has 1 amide bonds. The number of anilines is 1. The lowest BCUT2D eigenvalue weighted by Gasteiger charge is -2.41. The number of amides is 1. The summed E-state index contributed by atoms with van der Waals surface area (Å²) < 4.78 is 38.1. The summed E-state index contributed by atoms with van der Waals surface area (Å²) in [4.78, 5) is 38.3. The quantitative estimate of drug-likeness (QED) is 0.200. The smallest absolute Gasteiger partial charge is 0.319 e. The van der Waals surface area contributed by atoms with Gasteiger partial charge < -0.3 is 19.4 Å². The molecule has 4 fully saturated rings. The first kappa shape index (κ1) is 37.2. The molecule has 4 aromatic rings. The molecule has 2 aromatic carbocycles. The van der Waals surface area contributed by atoms with Gasteiger partial charge in [0.2, 0.25) is 5.91 Å². The summed E-state index contributed by atoms with van der Waals surface area (Å²) in [6.07, 6.45) is 7.30. The maximum atomic E-state index is 17.1. The number of piperazine rings is 2. The summed E-state index contributed by atoms with van der Waals surface area (Å²) in [7, 11) is 2.11. The number of pyridine rings is 1. The molecule has 13 heteroatoms. The second-order valence-corrected chi connectivity index (χ2v) is 15.6. The van der Waals surface area contributed by atoms with E-state index in [1.807, 2.05) is 41.3 Å². The van der Waals surface area contributed by atoms with Crippen LogP contribution in [0.2, 0.25) is 0 Å². The maximum absolute atomic E-state index is 17.1. The minimum atomic E-state index is -0.922. The Morgan fingerprint density at radius 3 is 2.69 bits per heavy atom. The van der Waals surface area contributed by atoms with Crippen molar-refractivity contribution < 1.29 is 18.3 Å². The molecule has 8 rings (SSSR count). The van der Waals surface area contributed by atoms with Crippen LogP contribution in [-0.4, -0.2) is 137 Å². The van der Waals surface area contributed by atoms with Gasteiger partial charge >= 0.3 is 6.01 Å². The van der Waals surface area contributed by atoms with Crippen LogP contribution < -0.4 is 9.64 Å². The molecule has 0 N–H and O–H groups in total. The van der Waals surface area contributed by atoms with Gasteiger partial charge in [-0.2, -0.15) is 15.2 Å². The van der Waals surface area contributed by atoms with Crippen LogP contribution in [0, 0.1) is 17.1 Å². The zero-order valence-corrected chi connectivity index (χ0v) is 31.8. The number of likely N-dealkylation sites (N-methyl/N-ethyl adjacent to an activating group) is 1. The fraction of sp³-hybridized carbons (Fsp3) is 0.500. The topological polar surface area (TPSA) is 105 Å². The first-order valence-corrected chi connectivity index (χ1v) is 19.7. The number of rotatable bonds is 10. The summed E-state index contributed by atoms with van der Waals surface area (Å²) in [5, 5.41) is 12.2. The van der Waals surface area contributed by atoms with Gasteiger partial charge in [0, 0.05) is 83.2 Å². The van der Waals surface area contributed by atoms with E-state index in [2.05, 4.69) is 45.8 Å². The lowest BCUT2D eigenvalue weighted by Crippen LogP contribution is -2.55. The van der Waals surface area contributed by atoms with Crippen molar-refractivity contribution in [3.63, 3.8) is 0 Å². The van der Waals surface area contributed by atoms with Crippen LogP contribution in [0.25, 0.3) is 32.9 Å². The second kappa shape index (κ2) is 15.8. The van der Waals surface area contributed by atoms with Crippen LogP contribution in [0.3, 0.4) is 0 Å². The molecule has 0 saturated carbocycles. The molecule has 288 valence electrons. The SMILES string of the molecule is CCc1cccc2cccc(-c3ncc4c(N5CCN(C(=O)/C=C/CN6CCN(C)CC6)[C@@H](CC#N)C5)nc(OC[C@@]56CCCN5C[C@H](F)C6)nc4c3F)c12. The zero-order chi connectivity index (χ0) is 38.1. The second-order valence-electron chi connectivity index (χ2n) is 15.6. The molecule has 3 atom stereocenters. The van der Waals surface area contributed by atoms with Crippen LogP contribution in [0.15, 0.2) is 54.7 Å². The van der Waals surface area contributed by atoms with E-state index in [1.54, 1.807) is 17.2 Å². The van der Waals surface area contributed by atoms with E-state index < -0.39 is 23.6 Å². The van der Waals surface area contributed by atoms with Crippen LogP contribution in [0.5, 0.6) is 6.01 Å². The van der Waals surface area contributed by atoms with Crippen LogP contribution >= 0.6 is 0 Å². The molecule has 6 heterocycles. The third-order valence-electron chi connectivity index (χ3n) is 12.1. The number of fused-ring (bicyclic) bond motifs is 3. The highest BCUT2D eigenvalue weighted by molar-refractivity contribution is 6.00. The molecule has 2 aromatic heterocycles. The molecule has 0 spiro atoms. The zero-order valence-electron chi connectivity index (χ0n) is 31.8. The molecule has 0 aliphatic carbocycles. The molecule has 4 aliphatic heterocycles. The van der Waals surface area contributed by atoms with Crippen molar-refractivity contribution in [1.82, 2.24) is 34.6 Å². The monoisotopic (exact) mass is 749 g/mol. The van der Waals surface area contributed by atoms with Crippen molar-refractivity contribution in [1.29, 1.82) is 5.26 Å². The maximum Gasteiger partial charge on any atom is 0.319 e. The predicted octanol–water partition coefficient (Wildman–Crippen LogP) is 5.24. The minimum absolute atomic E-state index is 0.0106. The number of carbonyl (C=O) groups excluding carboxylic acids is 1. The Balaban J connectivity index is 1.13. The van der Waals surface area contributed by atoms with E-state index in [0.29, 0.717) is 55.9 Å². The van der Waals surface area contributed by atoms with Crippen molar-refractivity contribution in [2.75, 3.05) is 84.0 Å². The summed E-state index contributed by atoms with van der Waals surface area (Å²) in [5.74, 6) is -0.281. The number of hydrogen-bond donors (Lipinski definition) is 0. The van der Waals surface area contributed by atoms with Crippen molar-refractivity contribution in [2.45, 2.75) is 56.8 Å². The minimum Gasteiger partial charge on any atom is -0.461 e. The van der Waals surface area contributed by atoms with Gasteiger partial charge in [0.15, 0.2) is 5.82 Å². The molecule has 55 heavy (non-hydrogen) atoms. The number of aromatic nitrogens is 3. The highest BCUT2D eigenvalue weighted by atomic mass is 19.1. The summed E-state index contributed by atoms with van der Waals surface area (Å²) in [5.41, 5.74) is 1.59. The Morgan fingerprint density at radius 2 is 1.89 bits per heavy atom. The molecule has 0 unspecified atom stereocenters. The average molecular weight is 750 g/mol. The number of nitrogens with zero attached hydrogens (tertiary/aromatic N) is 9. The number of alkyl halides is 1. The normalized spacial score (nSPS) is 23.9. The van der Waals surface area contributed by atoms with Crippen molar-refractivity contribution in [3.05, 3.63) is 66.1 Å². The predicted molar refractivity (Wildman–Crippen MR) is 209 cm³/mol. The number of halogens is 2. The number of benzene rings is 2. The van der Waals surface area contributed by atoms with Gasteiger partial charge in [0.1, 0.15) is 29.8 Å². The van der Waals surface area contributed by atoms with Gasteiger partial charge in [-0.25, -0.2) is 8.78 Å². The van der Waals surface area contributed by atoms with Crippen LogP contribution in [0.1, 0.15) is 38.2 Å². The number of ether oxygens (including phenoxy) is 1. The first-order chi connectivity index (χ1) is 26.8. The van der Waals surface area contributed by atoms with E-state index in [4.69, 9.17) is 14.7 Å². The lowest BCUT2D eigenvalue weighted by molar-refractivity contribution is -0.128. The van der Waals surface area contributed by atoms with E-state index in [9.17, 15) is 14.4 Å². The van der Waals surface area contributed by atoms with Gasteiger partial charge in [-0.05, 0) is 49.2 Å². The molecule has 11 nitrogen and oxygen atoms in total.